The summed E-state index contributed by atoms with van der Waals surface area (Å²) in [6.07, 6.45) is 4.77. The molecule has 3 heteroatoms. The number of nitrogens with zero attached hydrogens (tertiary/aromatic N) is 1. The first-order valence-corrected chi connectivity index (χ1v) is 6.93. The summed E-state index contributed by atoms with van der Waals surface area (Å²) in [5.74, 6) is 0.455. The average Bonchev–Trinajstić information content (AvgIpc) is 3.11. The molecule has 18 heavy (non-hydrogen) atoms. The van der Waals surface area contributed by atoms with Crippen molar-refractivity contribution in [3.05, 3.63) is 29.8 Å². The van der Waals surface area contributed by atoms with E-state index in [1.54, 1.807) is 0 Å². The molecule has 2 fully saturated rings. The van der Waals surface area contributed by atoms with Crippen LogP contribution in [0.15, 0.2) is 24.3 Å². The number of likely N-dealkylation sites (tertiary alicyclic amines) is 1. The summed E-state index contributed by atoms with van der Waals surface area (Å²) in [5.41, 5.74) is 2.26. The van der Waals surface area contributed by atoms with Crippen molar-refractivity contribution in [3.8, 4) is 0 Å². The summed E-state index contributed by atoms with van der Waals surface area (Å²) in [5, 5.41) is 2.97. The number of benzene rings is 1. The minimum Gasteiger partial charge on any atom is -0.326 e. The highest BCUT2D eigenvalue weighted by atomic mass is 16.2. The molecule has 3 nitrogen and oxygen atoms in total. The van der Waals surface area contributed by atoms with Gasteiger partial charge in [0, 0.05) is 18.2 Å². The summed E-state index contributed by atoms with van der Waals surface area (Å²) in [6.45, 7) is 3.48. The molecule has 0 atom stereocenters. The van der Waals surface area contributed by atoms with Crippen LogP contribution in [0, 0.1) is 5.92 Å². The van der Waals surface area contributed by atoms with Crippen LogP contribution in [0.4, 0.5) is 5.69 Å². The maximum absolute atomic E-state index is 11.6. The fraction of sp³-hybridized carbons (Fsp3) is 0.533. The van der Waals surface area contributed by atoms with E-state index in [2.05, 4.69) is 22.3 Å². The van der Waals surface area contributed by atoms with Gasteiger partial charge in [-0.3, -0.25) is 9.69 Å². The third-order valence-corrected chi connectivity index (χ3v) is 3.77. The minimum absolute atomic E-state index is 0.183. The van der Waals surface area contributed by atoms with Crippen LogP contribution in [0.1, 0.15) is 31.2 Å². The summed E-state index contributed by atoms with van der Waals surface area (Å²) < 4.78 is 0. The molecule has 1 saturated heterocycles. The van der Waals surface area contributed by atoms with Crippen LogP contribution in [0.2, 0.25) is 0 Å². The first-order chi connectivity index (χ1) is 8.81. The van der Waals surface area contributed by atoms with Crippen molar-refractivity contribution in [2.45, 2.75) is 32.2 Å². The molecule has 1 amide bonds. The van der Waals surface area contributed by atoms with Crippen LogP contribution in [0.25, 0.3) is 0 Å². The normalized spacial score (nSPS) is 20.0. The number of rotatable bonds is 4. The maximum atomic E-state index is 11.6. The standard InChI is InChI=1S/C15H20N2O/c18-15(13-5-6-13)16-14-7-3-12(4-8-14)11-17-9-1-2-10-17/h3-4,7-8,13H,1-2,5-6,9-11H2,(H,16,18). The Bertz CT molecular complexity index is 417. The van der Waals surface area contributed by atoms with Crippen LogP contribution in [0.5, 0.6) is 0 Å². The highest BCUT2D eigenvalue weighted by Crippen LogP contribution is 2.30. The van der Waals surface area contributed by atoms with E-state index >= 15 is 0 Å². The minimum atomic E-state index is 0.183. The van der Waals surface area contributed by atoms with Gasteiger partial charge in [0.25, 0.3) is 0 Å². The average molecular weight is 244 g/mol. The molecule has 96 valence electrons. The molecule has 2 aliphatic rings. The van der Waals surface area contributed by atoms with E-state index in [1.165, 1.54) is 31.5 Å². The smallest absolute Gasteiger partial charge is 0.227 e. The zero-order chi connectivity index (χ0) is 12.4. The number of carbonyl (C=O) groups excluding carboxylic acids is 1. The van der Waals surface area contributed by atoms with Gasteiger partial charge in [0.2, 0.25) is 5.91 Å². The third kappa shape index (κ3) is 2.91. The molecule has 1 saturated carbocycles. The van der Waals surface area contributed by atoms with Gasteiger partial charge in [-0.1, -0.05) is 12.1 Å². The summed E-state index contributed by atoms with van der Waals surface area (Å²) >= 11 is 0. The Kier molecular flexibility index (Phi) is 3.33. The van der Waals surface area contributed by atoms with Crippen molar-refractivity contribution in [1.29, 1.82) is 0 Å². The molecule has 0 aromatic heterocycles. The summed E-state index contributed by atoms with van der Waals surface area (Å²) in [7, 11) is 0. The molecule has 0 bridgehead atoms. The fourth-order valence-corrected chi connectivity index (χ4v) is 2.48. The lowest BCUT2D eigenvalue weighted by Crippen LogP contribution is -2.18. The second-order valence-electron chi connectivity index (χ2n) is 5.44. The molecular weight excluding hydrogens is 224 g/mol. The van der Waals surface area contributed by atoms with E-state index in [1.807, 2.05) is 12.1 Å². The molecule has 0 unspecified atom stereocenters. The Morgan fingerprint density at radius 2 is 1.83 bits per heavy atom. The zero-order valence-electron chi connectivity index (χ0n) is 10.7. The van der Waals surface area contributed by atoms with Crippen molar-refractivity contribution in [1.82, 2.24) is 4.90 Å². The molecule has 1 aromatic carbocycles. The molecular formula is C15H20N2O. The molecule has 1 N–H and O–H groups in total. The lowest BCUT2D eigenvalue weighted by Gasteiger charge is -2.14. The van der Waals surface area contributed by atoms with Crippen LogP contribution >= 0.6 is 0 Å². The van der Waals surface area contributed by atoms with Crippen LogP contribution in [0.3, 0.4) is 0 Å². The number of hydrogen-bond acceptors (Lipinski definition) is 2. The molecule has 1 aromatic rings. The van der Waals surface area contributed by atoms with E-state index < -0.39 is 0 Å². The molecule has 3 rings (SSSR count). The Hall–Kier alpha value is -1.35. The first kappa shape index (κ1) is 11.7. The lowest BCUT2D eigenvalue weighted by molar-refractivity contribution is -0.117. The van der Waals surface area contributed by atoms with Gasteiger partial charge in [0.1, 0.15) is 0 Å². The summed E-state index contributed by atoms with van der Waals surface area (Å²) in [6, 6.07) is 8.29. The predicted molar refractivity (Wildman–Crippen MR) is 72.3 cm³/mol. The zero-order valence-corrected chi connectivity index (χ0v) is 10.7. The van der Waals surface area contributed by atoms with Crippen LogP contribution < -0.4 is 5.32 Å². The predicted octanol–water partition coefficient (Wildman–Crippen LogP) is 2.63. The van der Waals surface area contributed by atoms with Gasteiger partial charge in [-0.15, -0.1) is 0 Å². The molecule has 0 radical (unpaired) electrons. The second-order valence-corrected chi connectivity index (χ2v) is 5.44. The van der Waals surface area contributed by atoms with Gasteiger partial charge in [0.15, 0.2) is 0 Å². The monoisotopic (exact) mass is 244 g/mol. The van der Waals surface area contributed by atoms with Gasteiger partial charge in [-0.25, -0.2) is 0 Å². The Labute approximate surface area is 108 Å². The van der Waals surface area contributed by atoms with Crippen LogP contribution in [-0.2, 0) is 11.3 Å². The number of amides is 1. The van der Waals surface area contributed by atoms with Crippen molar-refractivity contribution >= 4 is 11.6 Å². The highest BCUT2D eigenvalue weighted by Gasteiger charge is 2.29. The van der Waals surface area contributed by atoms with Gasteiger partial charge in [0.05, 0.1) is 0 Å². The summed E-state index contributed by atoms with van der Waals surface area (Å²) in [4.78, 5) is 14.1. The SMILES string of the molecule is O=C(Nc1ccc(CN2CCCC2)cc1)C1CC1. The third-order valence-electron chi connectivity index (χ3n) is 3.77. The topological polar surface area (TPSA) is 32.3 Å². The second kappa shape index (κ2) is 5.11. The number of hydrogen-bond donors (Lipinski definition) is 1. The largest absolute Gasteiger partial charge is 0.326 e. The first-order valence-electron chi connectivity index (χ1n) is 6.93. The van der Waals surface area contributed by atoms with Crippen molar-refractivity contribution < 1.29 is 4.79 Å². The van der Waals surface area contributed by atoms with E-state index in [9.17, 15) is 4.79 Å². The highest BCUT2D eigenvalue weighted by molar-refractivity contribution is 5.93. The lowest BCUT2D eigenvalue weighted by atomic mass is 10.2. The van der Waals surface area contributed by atoms with E-state index in [0.717, 1.165) is 25.1 Å². The Morgan fingerprint density at radius 3 is 2.44 bits per heavy atom. The Morgan fingerprint density at radius 1 is 1.17 bits per heavy atom. The van der Waals surface area contributed by atoms with E-state index in [-0.39, 0.29) is 11.8 Å². The van der Waals surface area contributed by atoms with Gasteiger partial charge in [-0.2, -0.15) is 0 Å². The van der Waals surface area contributed by atoms with Gasteiger partial charge < -0.3 is 5.32 Å². The van der Waals surface area contributed by atoms with Crippen LogP contribution in [-0.4, -0.2) is 23.9 Å². The van der Waals surface area contributed by atoms with Crippen molar-refractivity contribution in [3.63, 3.8) is 0 Å². The maximum Gasteiger partial charge on any atom is 0.227 e. The van der Waals surface area contributed by atoms with E-state index in [4.69, 9.17) is 0 Å². The molecule has 0 spiro atoms. The molecule has 1 aliphatic heterocycles. The molecule has 1 heterocycles. The molecule has 1 aliphatic carbocycles. The fourth-order valence-electron chi connectivity index (χ4n) is 2.48. The van der Waals surface area contributed by atoms with Crippen molar-refractivity contribution in [2.24, 2.45) is 5.92 Å². The van der Waals surface area contributed by atoms with Gasteiger partial charge in [-0.05, 0) is 56.5 Å². The Balaban J connectivity index is 1.56. The van der Waals surface area contributed by atoms with E-state index in [0.29, 0.717) is 0 Å². The van der Waals surface area contributed by atoms with Crippen molar-refractivity contribution in [2.75, 3.05) is 18.4 Å². The number of anilines is 1. The quantitative estimate of drug-likeness (QED) is 0.883. The number of nitrogens with one attached hydrogen (secondary N) is 1. The number of carbonyl (C=O) groups is 1. The van der Waals surface area contributed by atoms with Gasteiger partial charge >= 0.3 is 0 Å².